The molecule has 2 aliphatic rings. The lowest BCUT2D eigenvalue weighted by Gasteiger charge is -2.23. The fourth-order valence-corrected chi connectivity index (χ4v) is 5.26. The maximum atomic E-state index is 9.80. The molecule has 6 nitrogen and oxygen atoms in total. The van der Waals surface area contributed by atoms with Crippen molar-refractivity contribution in [3.05, 3.63) is 59.4 Å². The summed E-state index contributed by atoms with van der Waals surface area (Å²) < 4.78 is 2.13. The zero-order valence-electron chi connectivity index (χ0n) is 16.8. The summed E-state index contributed by atoms with van der Waals surface area (Å²) in [4.78, 5) is 8.87. The van der Waals surface area contributed by atoms with Crippen LogP contribution in [0.5, 0.6) is 0 Å². The lowest BCUT2D eigenvalue weighted by atomic mass is 9.93. The minimum atomic E-state index is -0.176. The van der Waals surface area contributed by atoms with E-state index in [1.54, 1.807) is 0 Å². The summed E-state index contributed by atoms with van der Waals surface area (Å²) >= 11 is 1.83. The molecule has 7 heteroatoms. The third-order valence-electron chi connectivity index (χ3n) is 6.11. The molecule has 1 aliphatic heterocycles. The molecule has 29 heavy (non-hydrogen) atoms. The van der Waals surface area contributed by atoms with Gasteiger partial charge in [-0.25, -0.2) is 9.97 Å². The van der Waals surface area contributed by atoms with Gasteiger partial charge < -0.3 is 9.67 Å². The number of aromatic nitrogens is 5. The summed E-state index contributed by atoms with van der Waals surface area (Å²) in [5, 5.41) is 19.0. The normalized spacial score (nSPS) is 22.7. The molecule has 1 N–H and O–H groups in total. The van der Waals surface area contributed by atoms with E-state index >= 15 is 0 Å². The minimum Gasteiger partial charge on any atom is -0.395 e. The van der Waals surface area contributed by atoms with Crippen LogP contribution >= 0.6 is 11.8 Å². The van der Waals surface area contributed by atoms with E-state index in [0.717, 1.165) is 60.2 Å². The van der Waals surface area contributed by atoms with E-state index in [4.69, 9.17) is 0 Å². The zero-order chi connectivity index (χ0) is 20.1. The Bertz CT molecular complexity index is 1030. The van der Waals surface area contributed by atoms with E-state index in [1.807, 2.05) is 31.1 Å². The van der Waals surface area contributed by atoms with Gasteiger partial charge in [0, 0.05) is 41.4 Å². The molecule has 1 fully saturated rings. The van der Waals surface area contributed by atoms with Crippen LogP contribution in [0.4, 0.5) is 0 Å². The van der Waals surface area contributed by atoms with Gasteiger partial charge in [-0.05, 0) is 37.8 Å². The molecule has 1 aliphatic carbocycles. The Hall–Kier alpha value is -2.25. The highest BCUT2D eigenvalue weighted by Crippen LogP contribution is 2.53. The Balaban J connectivity index is 1.46. The summed E-state index contributed by atoms with van der Waals surface area (Å²) in [7, 11) is 0. The van der Waals surface area contributed by atoms with E-state index < -0.39 is 0 Å². The Morgan fingerprint density at radius 3 is 2.48 bits per heavy atom. The Morgan fingerprint density at radius 2 is 1.83 bits per heavy atom. The summed E-state index contributed by atoms with van der Waals surface area (Å²) in [5.74, 6) is 3.80. The average Bonchev–Trinajstić information content (AvgIpc) is 3.49. The van der Waals surface area contributed by atoms with Crippen molar-refractivity contribution in [3.63, 3.8) is 0 Å². The molecule has 5 rings (SSSR count). The lowest BCUT2D eigenvalue weighted by molar-refractivity contribution is 0.254. The van der Waals surface area contributed by atoms with Gasteiger partial charge in [0.2, 0.25) is 0 Å². The van der Waals surface area contributed by atoms with Crippen LogP contribution in [0, 0.1) is 6.92 Å². The Morgan fingerprint density at radius 1 is 1.10 bits per heavy atom. The van der Waals surface area contributed by atoms with Crippen molar-refractivity contribution in [2.24, 2.45) is 0 Å². The van der Waals surface area contributed by atoms with Crippen molar-refractivity contribution in [1.82, 2.24) is 24.7 Å². The molecule has 0 bridgehead atoms. The standard InChI is InChI=1S/C22H25N5OS/c1-15-12-23-19(24-13-15)16-3-5-17(6-4-16)22(7-8-22)20-26-25-18-11-21(2,14-28)29-10-9-27(18)20/h3-6,12-13,28H,7-11,14H2,1-2H3. The van der Waals surface area contributed by atoms with Crippen LogP contribution in [0.2, 0.25) is 0 Å². The topological polar surface area (TPSA) is 76.7 Å². The van der Waals surface area contributed by atoms with Crippen LogP contribution in [0.25, 0.3) is 11.4 Å². The van der Waals surface area contributed by atoms with Gasteiger partial charge in [0.25, 0.3) is 0 Å². The second-order valence-corrected chi connectivity index (χ2v) is 10.2. The molecule has 0 saturated heterocycles. The Labute approximate surface area is 174 Å². The SMILES string of the molecule is Cc1cnc(-c2ccc(C3(c4nnc5n4CCSC(C)(CO)C5)CC3)cc2)nc1. The van der Waals surface area contributed by atoms with Crippen LogP contribution in [-0.2, 0) is 18.4 Å². The highest BCUT2D eigenvalue weighted by atomic mass is 32.2. The van der Waals surface area contributed by atoms with Gasteiger partial charge in [-0.15, -0.1) is 10.2 Å². The molecule has 0 radical (unpaired) electrons. The minimum absolute atomic E-state index is 0.0392. The van der Waals surface area contributed by atoms with E-state index in [2.05, 4.69) is 55.9 Å². The van der Waals surface area contributed by atoms with Gasteiger partial charge in [0.05, 0.1) is 12.0 Å². The zero-order valence-corrected chi connectivity index (χ0v) is 17.6. The molecule has 0 spiro atoms. The number of fused-ring (bicyclic) bond motifs is 1. The fraction of sp³-hybridized carbons (Fsp3) is 0.455. The van der Waals surface area contributed by atoms with E-state index in [0.29, 0.717) is 0 Å². The van der Waals surface area contributed by atoms with Crippen LogP contribution in [-0.4, -0.2) is 46.9 Å². The van der Waals surface area contributed by atoms with Crippen LogP contribution < -0.4 is 0 Å². The van der Waals surface area contributed by atoms with Crippen molar-refractivity contribution in [2.75, 3.05) is 12.4 Å². The van der Waals surface area contributed by atoms with Crippen LogP contribution in [0.15, 0.2) is 36.7 Å². The highest BCUT2D eigenvalue weighted by Gasteiger charge is 2.50. The molecule has 3 heterocycles. The van der Waals surface area contributed by atoms with Crippen LogP contribution in [0.3, 0.4) is 0 Å². The number of benzene rings is 1. The summed E-state index contributed by atoms with van der Waals surface area (Å²) in [5.41, 5.74) is 3.33. The molecule has 0 amide bonds. The van der Waals surface area contributed by atoms with E-state index in [1.165, 1.54) is 5.56 Å². The predicted octanol–water partition coefficient (Wildman–Crippen LogP) is 3.16. The summed E-state index contributed by atoms with van der Waals surface area (Å²) in [6.07, 6.45) is 6.64. The van der Waals surface area contributed by atoms with Gasteiger partial charge in [-0.3, -0.25) is 0 Å². The second kappa shape index (κ2) is 6.92. The molecule has 1 unspecified atom stereocenters. The number of nitrogens with zero attached hydrogens (tertiary/aromatic N) is 5. The van der Waals surface area contributed by atoms with Crippen molar-refractivity contribution in [1.29, 1.82) is 0 Å². The molecule has 1 aromatic carbocycles. The lowest BCUT2D eigenvalue weighted by Crippen LogP contribution is -2.28. The largest absolute Gasteiger partial charge is 0.395 e. The van der Waals surface area contributed by atoms with Crippen LogP contribution in [0.1, 0.15) is 42.5 Å². The van der Waals surface area contributed by atoms with Crippen molar-refractivity contribution < 1.29 is 5.11 Å². The molecule has 3 aromatic rings. The molecular formula is C22H25N5OS. The molecule has 150 valence electrons. The molecule has 1 saturated carbocycles. The number of aryl methyl sites for hydroxylation is 1. The number of thioether (sulfide) groups is 1. The first kappa shape index (κ1) is 18.8. The van der Waals surface area contributed by atoms with Crippen molar-refractivity contribution in [3.8, 4) is 11.4 Å². The molecular weight excluding hydrogens is 382 g/mol. The number of rotatable bonds is 4. The number of hydrogen-bond donors (Lipinski definition) is 1. The monoisotopic (exact) mass is 407 g/mol. The van der Waals surface area contributed by atoms with Gasteiger partial charge in [-0.2, -0.15) is 11.8 Å². The van der Waals surface area contributed by atoms with Gasteiger partial charge >= 0.3 is 0 Å². The Kier molecular flexibility index (Phi) is 4.47. The van der Waals surface area contributed by atoms with Crippen molar-refractivity contribution in [2.45, 2.75) is 49.8 Å². The fourth-order valence-electron chi connectivity index (χ4n) is 4.17. The maximum Gasteiger partial charge on any atom is 0.159 e. The highest BCUT2D eigenvalue weighted by molar-refractivity contribution is 8.00. The summed E-state index contributed by atoms with van der Waals surface area (Å²) in [6, 6.07) is 8.60. The number of aliphatic hydroxyl groups excluding tert-OH is 1. The third-order valence-corrected chi connectivity index (χ3v) is 7.47. The third kappa shape index (κ3) is 3.26. The van der Waals surface area contributed by atoms with Gasteiger partial charge in [0.15, 0.2) is 5.82 Å². The second-order valence-electron chi connectivity index (χ2n) is 8.47. The van der Waals surface area contributed by atoms with Gasteiger partial charge in [0.1, 0.15) is 11.6 Å². The predicted molar refractivity (Wildman–Crippen MR) is 114 cm³/mol. The molecule has 2 aromatic heterocycles. The first-order valence-corrected chi connectivity index (χ1v) is 11.1. The summed E-state index contributed by atoms with van der Waals surface area (Å²) in [6.45, 7) is 5.16. The quantitative estimate of drug-likeness (QED) is 0.716. The maximum absolute atomic E-state index is 9.80. The first-order chi connectivity index (χ1) is 14.0. The average molecular weight is 408 g/mol. The van der Waals surface area contributed by atoms with E-state index in [9.17, 15) is 5.11 Å². The number of aliphatic hydroxyl groups is 1. The number of hydrogen-bond acceptors (Lipinski definition) is 6. The molecule has 1 atom stereocenters. The first-order valence-electron chi connectivity index (χ1n) is 10.1. The smallest absolute Gasteiger partial charge is 0.159 e. The van der Waals surface area contributed by atoms with E-state index in [-0.39, 0.29) is 16.8 Å². The van der Waals surface area contributed by atoms with Crippen molar-refractivity contribution >= 4 is 11.8 Å². The van der Waals surface area contributed by atoms with Gasteiger partial charge in [-0.1, -0.05) is 24.3 Å².